The summed E-state index contributed by atoms with van der Waals surface area (Å²) in [4.78, 5) is 12.0. The molecule has 4 nitrogen and oxygen atoms in total. The van der Waals surface area contributed by atoms with Crippen molar-refractivity contribution in [3.05, 3.63) is 29.8 Å². The molecule has 1 aromatic rings. The number of carbonyl (C=O) groups is 1. The minimum absolute atomic E-state index is 0.0746. The van der Waals surface area contributed by atoms with E-state index in [2.05, 4.69) is 19.2 Å². The van der Waals surface area contributed by atoms with Crippen molar-refractivity contribution in [1.29, 1.82) is 0 Å². The molecule has 2 unspecified atom stereocenters. The van der Waals surface area contributed by atoms with Crippen LogP contribution in [-0.4, -0.2) is 30.8 Å². The van der Waals surface area contributed by atoms with Gasteiger partial charge in [-0.1, -0.05) is 19.1 Å². The van der Waals surface area contributed by atoms with Crippen LogP contribution in [0.4, 0.5) is 5.69 Å². The first-order valence-electron chi connectivity index (χ1n) is 7.74. The molecule has 4 heteroatoms. The monoisotopic (exact) mass is 291 g/mol. The topological polar surface area (TPSA) is 47.6 Å². The molecule has 0 radical (unpaired) electrons. The summed E-state index contributed by atoms with van der Waals surface area (Å²) in [6, 6.07) is 7.85. The first kappa shape index (κ1) is 15.8. The zero-order valence-electron chi connectivity index (χ0n) is 13.1. The van der Waals surface area contributed by atoms with Gasteiger partial charge < -0.3 is 14.8 Å². The van der Waals surface area contributed by atoms with Gasteiger partial charge in [-0.05, 0) is 45.2 Å². The number of carbonyl (C=O) groups excluding carboxylic acids is 1. The van der Waals surface area contributed by atoms with Gasteiger partial charge in [0.2, 0.25) is 0 Å². The number of hydrogen-bond acceptors (Lipinski definition) is 4. The molecule has 0 amide bonds. The largest absolute Gasteiger partial charge is 0.462 e. The van der Waals surface area contributed by atoms with E-state index in [1.165, 1.54) is 0 Å². The lowest BCUT2D eigenvalue weighted by Gasteiger charge is -2.38. The van der Waals surface area contributed by atoms with Crippen LogP contribution in [-0.2, 0) is 9.47 Å². The van der Waals surface area contributed by atoms with Crippen LogP contribution in [0, 0.1) is 0 Å². The molecular weight excluding hydrogens is 266 g/mol. The van der Waals surface area contributed by atoms with Gasteiger partial charge in [-0.2, -0.15) is 0 Å². The van der Waals surface area contributed by atoms with Crippen LogP contribution in [0.2, 0.25) is 0 Å². The Morgan fingerprint density at radius 3 is 2.90 bits per heavy atom. The van der Waals surface area contributed by atoms with Gasteiger partial charge in [0.1, 0.15) is 0 Å². The van der Waals surface area contributed by atoms with Crippen molar-refractivity contribution in [3.63, 3.8) is 0 Å². The van der Waals surface area contributed by atoms with Crippen molar-refractivity contribution in [3.8, 4) is 0 Å². The van der Waals surface area contributed by atoms with Crippen molar-refractivity contribution < 1.29 is 14.3 Å². The van der Waals surface area contributed by atoms with Crippen molar-refractivity contribution in [1.82, 2.24) is 0 Å². The van der Waals surface area contributed by atoms with Crippen molar-refractivity contribution in [2.45, 2.75) is 51.7 Å². The Morgan fingerprint density at radius 2 is 2.19 bits per heavy atom. The fourth-order valence-electron chi connectivity index (χ4n) is 2.72. The number of benzene rings is 1. The fourth-order valence-corrected chi connectivity index (χ4v) is 2.72. The summed E-state index contributed by atoms with van der Waals surface area (Å²) in [6.07, 6.45) is 2.89. The highest BCUT2D eigenvalue weighted by atomic mass is 16.5. The summed E-state index contributed by atoms with van der Waals surface area (Å²) in [5.74, 6) is -0.272. The molecule has 1 aliphatic heterocycles. The number of para-hydroxylation sites is 1. The molecular formula is C17H25NO3. The summed E-state index contributed by atoms with van der Waals surface area (Å²) in [6.45, 7) is 7.26. The average Bonchev–Trinajstić information content (AvgIpc) is 2.48. The Hall–Kier alpha value is -1.55. The Balaban J connectivity index is 2.11. The van der Waals surface area contributed by atoms with Gasteiger partial charge in [0, 0.05) is 18.3 Å². The summed E-state index contributed by atoms with van der Waals surface area (Å²) in [5.41, 5.74) is 1.37. The molecule has 116 valence electrons. The molecule has 0 saturated carbocycles. The van der Waals surface area contributed by atoms with E-state index in [4.69, 9.17) is 9.47 Å². The smallest absolute Gasteiger partial charge is 0.340 e. The van der Waals surface area contributed by atoms with Crippen LogP contribution in [0.3, 0.4) is 0 Å². The molecule has 1 saturated heterocycles. The lowest BCUT2D eigenvalue weighted by Crippen LogP contribution is -2.42. The normalized spacial score (nSPS) is 25.4. The average molecular weight is 291 g/mol. The van der Waals surface area contributed by atoms with Crippen LogP contribution in [0.5, 0.6) is 0 Å². The predicted octanol–water partition coefficient (Wildman–Crippen LogP) is 3.62. The molecule has 2 atom stereocenters. The SMILES string of the molecule is CCOC(=O)c1ccccc1NC1CCOC(C)(CC)C1. The zero-order chi connectivity index (χ0) is 15.3. The molecule has 0 bridgehead atoms. The molecule has 21 heavy (non-hydrogen) atoms. The molecule has 0 spiro atoms. The molecule has 1 aromatic carbocycles. The third-order valence-corrected chi connectivity index (χ3v) is 4.12. The minimum Gasteiger partial charge on any atom is -0.462 e. The van der Waals surface area contributed by atoms with Crippen LogP contribution in [0.15, 0.2) is 24.3 Å². The highest BCUT2D eigenvalue weighted by molar-refractivity contribution is 5.95. The third kappa shape index (κ3) is 3.97. The summed E-state index contributed by atoms with van der Waals surface area (Å²) >= 11 is 0. The highest BCUT2D eigenvalue weighted by Crippen LogP contribution is 2.30. The minimum atomic E-state index is -0.272. The lowest BCUT2D eigenvalue weighted by molar-refractivity contribution is -0.0708. The Labute approximate surface area is 126 Å². The summed E-state index contributed by atoms with van der Waals surface area (Å²) in [5, 5.41) is 3.50. The number of nitrogens with one attached hydrogen (secondary N) is 1. The van der Waals surface area contributed by atoms with Gasteiger partial charge in [0.25, 0.3) is 0 Å². The molecule has 1 fully saturated rings. The summed E-state index contributed by atoms with van der Waals surface area (Å²) in [7, 11) is 0. The van der Waals surface area contributed by atoms with Crippen molar-refractivity contribution >= 4 is 11.7 Å². The second kappa shape index (κ2) is 6.94. The van der Waals surface area contributed by atoms with Crippen molar-refractivity contribution in [2.75, 3.05) is 18.5 Å². The van der Waals surface area contributed by atoms with E-state index >= 15 is 0 Å². The maximum Gasteiger partial charge on any atom is 0.340 e. The predicted molar refractivity (Wildman–Crippen MR) is 83.7 cm³/mol. The van der Waals surface area contributed by atoms with Gasteiger partial charge in [0.05, 0.1) is 17.8 Å². The van der Waals surface area contributed by atoms with E-state index in [-0.39, 0.29) is 11.6 Å². The number of hydrogen-bond donors (Lipinski definition) is 1. The Morgan fingerprint density at radius 1 is 1.43 bits per heavy atom. The second-order valence-electron chi connectivity index (χ2n) is 5.75. The quantitative estimate of drug-likeness (QED) is 0.842. The maximum atomic E-state index is 12.0. The van der Waals surface area contributed by atoms with Crippen LogP contribution in [0.25, 0.3) is 0 Å². The van der Waals surface area contributed by atoms with E-state index in [0.29, 0.717) is 18.2 Å². The Kier molecular flexibility index (Phi) is 5.23. The molecule has 1 N–H and O–H groups in total. The van der Waals surface area contributed by atoms with Gasteiger partial charge in [-0.25, -0.2) is 4.79 Å². The third-order valence-electron chi connectivity index (χ3n) is 4.12. The van der Waals surface area contributed by atoms with Crippen LogP contribution < -0.4 is 5.32 Å². The second-order valence-corrected chi connectivity index (χ2v) is 5.75. The number of rotatable bonds is 5. The first-order valence-corrected chi connectivity index (χ1v) is 7.74. The fraction of sp³-hybridized carbons (Fsp3) is 0.588. The Bertz CT molecular complexity index is 489. The maximum absolute atomic E-state index is 12.0. The molecule has 0 aliphatic carbocycles. The van der Waals surface area contributed by atoms with E-state index in [1.54, 1.807) is 6.07 Å². The van der Waals surface area contributed by atoms with Gasteiger partial charge >= 0.3 is 5.97 Å². The van der Waals surface area contributed by atoms with E-state index in [9.17, 15) is 4.79 Å². The van der Waals surface area contributed by atoms with E-state index in [1.807, 2.05) is 25.1 Å². The van der Waals surface area contributed by atoms with Gasteiger partial charge in [-0.3, -0.25) is 0 Å². The molecule has 1 aliphatic rings. The molecule has 0 aromatic heterocycles. The van der Waals surface area contributed by atoms with Crippen LogP contribution >= 0.6 is 0 Å². The van der Waals surface area contributed by atoms with Gasteiger partial charge in [-0.15, -0.1) is 0 Å². The lowest BCUT2D eigenvalue weighted by atomic mass is 9.89. The van der Waals surface area contributed by atoms with Crippen molar-refractivity contribution in [2.24, 2.45) is 0 Å². The molecule has 1 heterocycles. The number of anilines is 1. The first-order chi connectivity index (χ1) is 10.1. The number of ether oxygens (including phenoxy) is 2. The van der Waals surface area contributed by atoms with E-state index in [0.717, 1.165) is 31.6 Å². The molecule has 2 rings (SSSR count). The zero-order valence-corrected chi connectivity index (χ0v) is 13.1. The number of esters is 1. The highest BCUT2D eigenvalue weighted by Gasteiger charge is 2.32. The standard InChI is InChI=1S/C17H25NO3/c1-4-17(3)12-13(10-11-21-17)18-15-9-7-6-8-14(15)16(19)20-5-2/h6-9,13,18H,4-5,10-12H2,1-3H3. The van der Waals surface area contributed by atoms with Crippen LogP contribution in [0.1, 0.15) is 50.4 Å². The van der Waals surface area contributed by atoms with Gasteiger partial charge in [0.15, 0.2) is 0 Å². The van der Waals surface area contributed by atoms with E-state index < -0.39 is 0 Å². The summed E-state index contributed by atoms with van der Waals surface area (Å²) < 4.78 is 11.0.